The Morgan fingerprint density at radius 2 is 2.06 bits per heavy atom. The van der Waals surface area contributed by atoms with E-state index in [4.69, 9.17) is 15.2 Å². The van der Waals surface area contributed by atoms with E-state index in [2.05, 4.69) is 0 Å². The van der Waals surface area contributed by atoms with Gasteiger partial charge in [-0.25, -0.2) is 4.39 Å². The Morgan fingerprint density at radius 1 is 1.33 bits per heavy atom. The van der Waals surface area contributed by atoms with E-state index in [1.54, 1.807) is 7.11 Å². The van der Waals surface area contributed by atoms with Gasteiger partial charge in [0.25, 0.3) is 0 Å². The maximum absolute atomic E-state index is 14.2. The van der Waals surface area contributed by atoms with Gasteiger partial charge in [0.2, 0.25) is 0 Å². The molecule has 0 saturated heterocycles. The summed E-state index contributed by atoms with van der Waals surface area (Å²) in [6.07, 6.45) is 3.03. The fourth-order valence-electron chi connectivity index (χ4n) is 2.65. The molecule has 1 fully saturated rings. The van der Waals surface area contributed by atoms with Gasteiger partial charge < -0.3 is 15.2 Å². The number of methoxy groups -OCH3 is 2. The summed E-state index contributed by atoms with van der Waals surface area (Å²) in [7, 11) is 3.15. The highest BCUT2D eigenvalue weighted by molar-refractivity contribution is 5.42. The summed E-state index contributed by atoms with van der Waals surface area (Å²) in [5.41, 5.74) is 7.24. The number of halogens is 1. The van der Waals surface area contributed by atoms with Crippen molar-refractivity contribution in [3.63, 3.8) is 0 Å². The van der Waals surface area contributed by atoms with Crippen molar-refractivity contribution in [2.75, 3.05) is 20.8 Å². The van der Waals surface area contributed by atoms with Crippen LogP contribution in [0.15, 0.2) is 12.1 Å². The van der Waals surface area contributed by atoms with Crippen molar-refractivity contribution in [3.05, 3.63) is 29.1 Å². The Labute approximate surface area is 107 Å². The van der Waals surface area contributed by atoms with Gasteiger partial charge in [-0.15, -0.1) is 0 Å². The third-order valence-electron chi connectivity index (χ3n) is 3.94. The average molecular weight is 253 g/mol. The standard InChI is InChI=1S/C14H20FNO2/c1-17-8-10-6-11(12(15)7-13(10)18-2)14(9-16)4-3-5-14/h6-7H,3-5,8-9,16H2,1-2H3. The third kappa shape index (κ3) is 2.10. The van der Waals surface area contributed by atoms with Gasteiger partial charge in [0.05, 0.1) is 13.7 Å². The van der Waals surface area contributed by atoms with E-state index >= 15 is 0 Å². The lowest BCUT2D eigenvalue weighted by molar-refractivity contribution is 0.180. The Bertz CT molecular complexity index is 425. The first-order chi connectivity index (χ1) is 8.66. The first kappa shape index (κ1) is 13.3. The Hall–Kier alpha value is -1.13. The molecule has 0 unspecified atom stereocenters. The van der Waals surface area contributed by atoms with Crippen LogP contribution in [0.2, 0.25) is 0 Å². The van der Waals surface area contributed by atoms with Crippen LogP contribution in [0.25, 0.3) is 0 Å². The maximum Gasteiger partial charge on any atom is 0.130 e. The molecule has 18 heavy (non-hydrogen) atoms. The highest BCUT2D eigenvalue weighted by atomic mass is 19.1. The lowest BCUT2D eigenvalue weighted by Crippen LogP contribution is -2.42. The monoisotopic (exact) mass is 253 g/mol. The summed E-state index contributed by atoms with van der Waals surface area (Å²) in [5, 5.41) is 0. The summed E-state index contributed by atoms with van der Waals surface area (Å²) in [4.78, 5) is 0. The zero-order valence-electron chi connectivity index (χ0n) is 11.0. The van der Waals surface area contributed by atoms with Gasteiger partial charge >= 0.3 is 0 Å². The molecule has 0 aliphatic heterocycles. The molecule has 0 aromatic heterocycles. The highest BCUT2D eigenvalue weighted by Gasteiger charge is 2.39. The van der Waals surface area contributed by atoms with E-state index in [-0.39, 0.29) is 11.2 Å². The third-order valence-corrected chi connectivity index (χ3v) is 3.94. The summed E-state index contributed by atoms with van der Waals surface area (Å²) in [6, 6.07) is 3.29. The van der Waals surface area contributed by atoms with Gasteiger partial charge in [0.15, 0.2) is 0 Å². The fraction of sp³-hybridized carbons (Fsp3) is 0.571. The molecule has 0 heterocycles. The quantitative estimate of drug-likeness (QED) is 0.876. The Kier molecular flexibility index (Phi) is 3.88. The van der Waals surface area contributed by atoms with Gasteiger partial charge in [0, 0.05) is 30.7 Å². The Morgan fingerprint density at radius 3 is 2.50 bits per heavy atom. The van der Waals surface area contributed by atoms with Crippen LogP contribution in [-0.4, -0.2) is 20.8 Å². The van der Waals surface area contributed by atoms with Crippen molar-refractivity contribution in [3.8, 4) is 5.75 Å². The molecule has 1 aliphatic carbocycles. The number of nitrogens with two attached hydrogens (primary N) is 1. The molecule has 1 saturated carbocycles. The lowest BCUT2D eigenvalue weighted by Gasteiger charge is -2.42. The molecule has 3 nitrogen and oxygen atoms in total. The van der Waals surface area contributed by atoms with Crippen molar-refractivity contribution in [2.45, 2.75) is 31.3 Å². The van der Waals surface area contributed by atoms with Crippen LogP contribution in [-0.2, 0) is 16.8 Å². The average Bonchev–Trinajstić information content (AvgIpc) is 2.32. The molecule has 1 aromatic rings. The van der Waals surface area contributed by atoms with Gasteiger partial charge in [-0.2, -0.15) is 0 Å². The van der Waals surface area contributed by atoms with Crippen LogP contribution in [0.4, 0.5) is 4.39 Å². The second-order valence-electron chi connectivity index (χ2n) is 4.91. The van der Waals surface area contributed by atoms with Crippen LogP contribution in [0.3, 0.4) is 0 Å². The van der Waals surface area contributed by atoms with Gasteiger partial charge in [-0.1, -0.05) is 6.42 Å². The van der Waals surface area contributed by atoms with Crippen molar-refractivity contribution in [2.24, 2.45) is 5.73 Å². The van der Waals surface area contributed by atoms with E-state index in [0.29, 0.717) is 24.5 Å². The molecule has 0 amide bonds. The number of hydrogen-bond acceptors (Lipinski definition) is 3. The van der Waals surface area contributed by atoms with E-state index in [1.165, 1.54) is 13.2 Å². The zero-order valence-corrected chi connectivity index (χ0v) is 11.0. The molecular formula is C14H20FNO2. The number of ether oxygens (including phenoxy) is 2. The first-order valence-corrected chi connectivity index (χ1v) is 6.23. The molecule has 2 rings (SSSR count). The molecule has 0 bridgehead atoms. The van der Waals surface area contributed by atoms with Crippen LogP contribution >= 0.6 is 0 Å². The van der Waals surface area contributed by atoms with Crippen LogP contribution in [0, 0.1) is 5.82 Å². The molecule has 0 atom stereocenters. The van der Waals surface area contributed by atoms with Crippen molar-refractivity contribution < 1.29 is 13.9 Å². The molecule has 2 N–H and O–H groups in total. The van der Waals surface area contributed by atoms with Crippen molar-refractivity contribution in [1.29, 1.82) is 0 Å². The molecule has 0 radical (unpaired) electrons. The first-order valence-electron chi connectivity index (χ1n) is 6.23. The minimum atomic E-state index is -0.225. The van der Waals surface area contributed by atoms with E-state index in [9.17, 15) is 4.39 Å². The predicted octanol–water partition coefficient (Wildman–Crippen LogP) is 2.36. The van der Waals surface area contributed by atoms with E-state index in [1.807, 2.05) is 6.07 Å². The zero-order chi connectivity index (χ0) is 13.2. The van der Waals surface area contributed by atoms with E-state index < -0.39 is 0 Å². The van der Waals surface area contributed by atoms with Gasteiger partial charge in [0.1, 0.15) is 11.6 Å². The Balaban J connectivity index is 2.44. The molecule has 4 heteroatoms. The van der Waals surface area contributed by atoms with Gasteiger partial charge in [-0.3, -0.25) is 0 Å². The number of hydrogen-bond donors (Lipinski definition) is 1. The second-order valence-corrected chi connectivity index (χ2v) is 4.91. The topological polar surface area (TPSA) is 44.5 Å². The van der Waals surface area contributed by atoms with E-state index in [0.717, 1.165) is 24.8 Å². The van der Waals surface area contributed by atoms with Crippen LogP contribution < -0.4 is 10.5 Å². The van der Waals surface area contributed by atoms with Gasteiger partial charge in [-0.05, 0) is 24.5 Å². The number of benzene rings is 1. The van der Waals surface area contributed by atoms with Crippen molar-refractivity contribution >= 4 is 0 Å². The predicted molar refractivity (Wildman–Crippen MR) is 68.2 cm³/mol. The smallest absolute Gasteiger partial charge is 0.130 e. The lowest BCUT2D eigenvalue weighted by atomic mass is 9.64. The molecular weight excluding hydrogens is 233 g/mol. The minimum Gasteiger partial charge on any atom is -0.496 e. The SMILES string of the molecule is COCc1cc(C2(CN)CCC2)c(F)cc1OC. The summed E-state index contributed by atoms with van der Waals surface area (Å²) >= 11 is 0. The van der Waals surface area contributed by atoms with Crippen LogP contribution in [0.1, 0.15) is 30.4 Å². The largest absolute Gasteiger partial charge is 0.496 e. The second kappa shape index (κ2) is 5.24. The minimum absolute atomic E-state index is 0.182. The molecule has 0 spiro atoms. The highest BCUT2D eigenvalue weighted by Crippen LogP contribution is 2.45. The van der Waals surface area contributed by atoms with Crippen LogP contribution in [0.5, 0.6) is 5.75 Å². The number of rotatable bonds is 5. The maximum atomic E-state index is 14.2. The molecule has 1 aromatic carbocycles. The summed E-state index contributed by atoms with van der Waals surface area (Å²) in [6.45, 7) is 0.903. The molecule has 100 valence electrons. The van der Waals surface area contributed by atoms with Crippen molar-refractivity contribution in [1.82, 2.24) is 0 Å². The molecule has 1 aliphatic rings. The summed E-state index contributed by atoms with van der Waals surface area (Å²) < 4.78 is 24.5. The summed E-state index contributed by atoms with van der Waals surface area (Å²) in [5.74, 6) is 0.307. The fourth-order valence-corrected chi connectivity index (χ4v) is 2.65. The normalized spacial score (nSPS) is 17.3.